The average Bonchev–Trinajstić information content (AvgIpc) is 2.94. The molecule has 1 saturated heterocycles. The number of nitrogens with two attached hydrogens (primary N) is 1. The Morgan fingerprint density at radius 1 is 1.05 bits per heavy atom. The van der Waals surface area contributed by atoms with E-state index in [1.807, 2.05) is 0 Å². The van der Waals surface area contributed by atoms with E-state index in [9.17, 15) is 60.0 Å². The van der Waals surface area contributed by atoms with Crippen molar-refractivity contribution in [3.05, 3.63) is 52.8 Å². The number of aliphatic carboxylic acids is 1. The first-order valence-electron chi connectivity index (χ1n) is 13.2. The number of primary amides is 1. The smallest absolute Gasteiger partial charge is 0.335 e. The molecule has 44 heavy (non-hydrogen) atoms. The van der Waals surface area contributed by atoms with Crippen molar-refractivity contribution in [2.24, 2.45) is 17.6 Å². The van der Waals surface area contributed by atoms with E-state index in [4.69, 9.17) is 15.2 Å². The molecular weight excluding hydrogens is 588 g/mol. The lowest BCUT2D eigenvalue weighted by atomic mass is 9.55. The number of carboxylic acid groups (broad SMARTS) is 1. The molecule has 4 aliphatic rings. The topological polar surface area (TPSA) is 278 Å². The van der Waals surface area contributed by atoms with Gasteiger partial charge in [-0.2, -0.15) is 0 Å². The van der Waals surface area contributed by atoms with Crippen LogP contribution >= 0.6 is 0 Å². The maximum Gasteiger partial charge on any atom is 0.335 e. The van der Waals surface area contributed by atoms with E-state index >= 15 is 0 Å². The molecule has 1 aromatic rings. The maximum atomic E-state index is 14.1. The van der Waals surface area contributed by atoms with Crippen LogP contribution in [0.4, 0.5) is 0 Å². The number of carboxylic acids is 1. The van der Waals surface area contributed by atoms with Gasteiger partial charge in [0, 0.05) is 5.92 Å². The predicted molar refractivity (Wildman–Crippen MR) is 144 cm³/mol. The molecule has 3 aliphatic carbocycles. The zero-order valence-corrected chi connectivity index (χ0v) is 23.2. The number of aliphatic hydroxyl groups excluding tert-OH is 6. The number of benzene rings is 1. The first kappa shape index (κ1) is 31.3. The minimum absolute atomic E-state index is 0.000692. The summed E-state index contributed by atoms with van der Waals surface area (Å²) in [6.07, 6.45) is -11.8. The van der Waals surface area contributed by atoms with Crippen molar-refractivity contribution in [1.82, 2.24) is 4.90 Å². The van der Waals surface area contributed by atoms with Crippen molar-refractivity contribution >= 4 is 34.8 Å². The number of carbonyl (C=O) groups excluding carboxylic acids is 3. The molecule has 1 amide bonds. The summed E-state index contributed by atoms with van der Waals surface area (Å²) in [5, 5.41) is 85.9. The van der Waals surface area contributed by atoms with Gasteiger partial charge in [-0.25, -0.2) is 4.79 Å². The molecule has 2 fully saturated rings. The van der Waals surface area contributed by atoms with Crippen LogP contribution in [0, 0.1) is 11.8 Å². The van der Waals surface area contributed by atoms with Crippen molar-refractivity contribution in [3.8, 4) is 5.75 Å². The zero-order chi connectivity index (χ0) is 32.7. The number of hydrogen-bond donors (Lipinski definition) is 9. The third-order valence-corrected chi connectivity index (χ3v) is 8.65. The Morgan fingerprint density at radius 2 is 1.68 bits per heavy atom. The Kier molecular flexibility index (Phi) is 7.45. The fourth-order valence-corrected chi connectivity index (χ4v) is 6.57. The fraction of sp³-hybridized carbons (Fsp3) is 0.429. The van der Waals surface area contributed by atoms with Gasteiger partial charge in [0.15, 0.2) is 17.5 Å². The Bertz CT molecular complexity index is 1560. The Morgan fingerprint density at radius 3 is 2.25 bits per heavy atom. The average molecular weight is 619 g/mol. The molecule has 16 heteroatoms. The minimum Gasteiger partial charge on any atom is -0.508 e. The molecular formula is C28H30N2O14. The number of nitrogens with zero attached hydrogens (tertiary/aromatic N) is 1. The number of ketones is 2. The first-order chi connectivity index (χ1) is 20.5. The number of rotatable bonds is 5. The predicted octanol–water partition coefficient (Wildman–Crippen LogP) is -3.03. The molecule has 0 bridgehead atoms. The van der Waals surface area contributed by atoms with Gasteiger partial charge in [-0.3, -0.25) is 19.3 Å². The summed E-state index contributed by atoms with van der Waals surface area (Å²) in [6.45, 7) is 3.96. The first-order valence-corrected chi connectivity index (χ1v) is 13.2. The standard InChI is InChI=1S/C28H30N2O14/c1-7-8-5-4-6-9(43-27-21(36)19(34)20(35)22(44-27)26(40)41)11(8)16(31)12-10(7)17(32)14-15(30(2)3)18(33)13(25(29)39)24(38)28(14,42)23(12)37/h4-6,10,14-15,17,19-22,27,31-32,34-36,38,42H,1H2,2-3H3,(H2,29,39)(H,40,41)/t10-,14-,15+,17+,19?,20?,21?,22?,27?,28+/m1/s1. The third-order valence-electron chi connectivity index (χ3n) is 8.65. The van der Waals surface area contributed by atoms with Crippen LogP contribution < -0.4 is 10.5 Å². The van der Waals surface area contributed by atoms with Crippen LogP contribution in [0.1, 0.15) is 11.1 Å². The minimum atomic E-state index is -3.11. The SMILES string of the molecule is C=C1c2cccc(OC3OC(C(=O)O)C(O)C(O)C3O)c2C(O)=C2C(=O)[C@]3(O)C(O)=C(C(N)=O)C(=O)[C@@H](N(C)C)[C@@H]3[C@@H](O)[C@H]12. The number of carbonyl (C=O) groups is 4. The summed E-state index contributed by atoms with van der Waals surface area (Å²) in [5.74, 6) is -11.4. The van der Waals surface area contributed by atoms with Crippen LogP contribution in [0.2, 0.25) is 0 Å². The van der Waals surface area contributed by atoms with Gasteiger partial charge in [-0.15, -0.1) is 0 Å². The zero-order valence-electron chi connectivity index (χ0n) is 23.2. The van der Waals surface area contributed by atoms with Gasteiger partial charge >= 0.3 is 5.97 Å². The molecule has 16 nitrogen and oxygen atoms in total. The van der Waals surface area contributed by atoms with E-state index in [-0.39, 0.29) is 22.4 Å². The van der Waals surface area contributed by atoms with Gasteiger partial charge in [-0.1, -0.05) is 18.7 Å². The summed E-state index contributed by atoms with van der Waals surface area (Å²) in [6, 6.07) is 2.50. The quantitative estimate of drug-likeness (QED) is 0.148. The molecule has 5 rings (SSSR count). The normalized spacial score (nSPS) is 37.0. The number of fused-ring (bicyclic) bond motifs is 3. The highest BCUT2D eigenvalue weighted by atomic mass is 16.7. The van der Waals surface area contributed by atoms with Crippen LogP contribution in [0.3, 0.4) is 0 Å². The summed E-state index contributed by atoms with van der Waals surface area (Å²) in [5.41, 5.74) is 0.267. The van der Waals surface area contributed by atoms with Crippen LogP contribution in [0.25, 0.3) is 11.3 Å². The lowest BCUT2D eigenvalue weighted by Gasteiger charge is -2.53. The number of ether oxygens (including phenoxy) is 2. The van der Waals surface area contributed by atoms with Gasteiger partial charge in [0.2, 0.25) is 12.1 Å². The maximum absolute atomic E-state index is 14.1. The van der Waals surface area contributed by atoms with Crippen molar-refractivity contribution < 1.29 is 69.5 Å². The van der Waals surface area contributed by atoms with Crippen LogP contribution in [-0.2, 0) is 23.9 Å². The summed E-state index contributed by atoms with van der Waals surface area (Å²) < 4.78 is 10.8. The van der Waals surface area contributed by atoms with E-state index in [1.165, 1.54) is 37.2 Å². The van der Waals surface area contributed by atoms with Crippen LogP contribution in [0.5, 0.6) is 5.75 Å². The van der Waals surface area contributed by atoms with Crippen LogP contribution in [0.15, 0.2) is 41.7 Å². The summed E-state index contributed by atoms with van der Waals surface area (Å²) in [7, 11) is 2.76. The van der Waals surface area contributed by atoms with E-state index in [0.29, 0.717) is 0 Å². The highest BCUT2D eigenvalue weighted by Gasteiger charge is 2.68. The van der Waals surface area contributed by atoms with Crippen molar-refractivity contribution in [1.29, 1.82) is 0 Å². The second-order valence-electron chi connectivity index (χ2n) is 11.3. The number of Topliss-reactive ketones (excluding diaryl/α,β-unsaturated/α-hetero) is 2. The molecule has 1 aliphatic heterocycles. The fourth-order valence-electron chi connectivity index (χ4n) is 6.57. The molecule has 1 heterocycles. The molecule has 1 aromatic carbocycles. The van der Waals surface area contributed by atoms with Crippen molar-refractivity contribution in [3.63, 3.8) is 0 Å². The molecule has 10 N–H and O–H groups in total. The molecule has 0 radical (unpaired) electrons. The number of likely N-dealkylation sites (N-methyl/N-ethyl adjacent to an activating group) is 1. The molecule has 0 aromatic heterocycles. The molecule has 1 saturated carbocycles. The van der Waals surface area contributed by atoms with E-state index in [1.54, 1.807) is 0 Å². The van der Waals surface area contributed by atoms with E-state index in [0.717, 1.165) is 0 Å². The van der Waals surface area contributed by atoms with E-state index in [2.05, 4.69) is 6.58 Å². The number of amides is 1. The highest BCUT2D eigenvalue weighted by molar-refractivity contribution is 6.25. The lowest BCUT2D eigenvalue weighted by molar-refractivity contribution is -0.271. The van der Waals surface area contributed by atoms with Crippen molar-refractivity contribution in [2.45, 2.75) is 48.5 Å². The van der Waals surface area contributed by atoms with Gasteiger partial charge < -0.3 is 56.1 Å². The molecule has 236 valence electrons. The third kappa shape index (κ3) is 4.11. The Hall–Kier alpha value is -4.16. The van der Waals surface area contributed by atoms with Crippen molar-refractivity contribution in [2.75, 3.05) is 14.1 Å². The van der Waals surface area contributed by atoms with Gasteiger partial charge in [-0.05, 0) is 31.3 Å². The molecule has 10 atom stereocenters. The second kappa shape index (κ2) is 10.5. The van der Waals surface area contributed by atoms with Gasteiger partial charge in [0.05, 0.1) is 29.2 Å². The number of hydrogen-bond acceptors (Lipinski definition) is 14. The summed E-state index contributed by atoms with van der Waals surface area (Å²) >= 11 is 0. The van der Waals surface area contributed by atoms with E-state index < -0.39 is 106 Å². The van der Waals surface area contributed by atoms with Crippen LogP contribution in [-0.4, -0.2) is 132 Å². The summed E-state index contributed by atoms with van der Waals surface area (Å²) in [4.78, 5) is 52.3. The van der Waals surface area contributed by atoms with Gasteiger partial charge in [0.1, 0.15) is 41.2 Å². The Labute approximate surface area is 248 Å². The molecule has 0 spiro atoms. The lowest BCUT2D eigenvalue weighted by Crippen LogP contribution is -2.70. The molecule has 5 unspecified atom stereocenters. The largest absolute Gasteiger partial charge is 0.508 e. The Balaban J connectivity index is 1.67. The monoisotopic (exact) mass is 618 g/mol. The van der Waals surface area contributed by atoms with Gasteiger partial charge in [0.25, 0.3) is 5.91 Å². The highest BCUT2D eigenvalue weighted by Crippen LogP contribution is 2.55. The second-order valence-corrected chi connectivity index (χ2v) is 11.3. The number of aliphatic hydroxyl groups is 7.